The maximum atomic E-state index is 12.4. The lowest BCUT2D eigenvalue weighted by molar-refractivity contribution is 0.0939. The number of pyridine rings is 1. The number of benzene rings is 1. The van der Waals surface area contributed by atoms with Gasteiger partial charge in [0.05, 0.1) is 6.10 Å². The van der Waals surface area contributed by atoms with Gasteiger partial charge in [0.15, 0.2) is 11.4 Å². The Kier molecular flexibility index (Phi) is 4.57. The molecule has 0 atom stereocenters. The van der Waals surface area contributed by atoms with Crippen LogP contribution in [0.1, 0.15) is 41.0 Å². The maximum Gasteiger partial charge on any atom is 0.274 e. The lowest BCUT2D eigenvalue weighted by Gasteiger charge is -2.13. The van der Waals surface area contributed by atoms with E-state index < -0.39 is 0 Å². The molecule has 0 spiro atoms. The smallest absolute Gasteiger partial charge is 0.274 e. The highest BCUT2D eigenvalue weighted by atomic mass is 16.5. The first-order valence-corrected chi connectivity index (χ1v) is 7.85. The normalized spacial score (nSPS) is 13.0. The minimum absolute atomic E-state index is 0.00467. The first-order chi connectivity index (χ1) is 11.1. The molecule has 2 N–H and O–H groups in total. The molecule has 23 heavy (non-hydrogen) atoms. The van der Waals surface area contributed by atoms with Crippen LogP contribution in [0.5, 0.6) is 5.75 Å². The Hall–Kier alpha value is -2.40. The molecule has 5 heteroatoms. The number of rotatable bonds is 5. The van der Waals surface area contributed by atoms with Gasteiger partial charge >= 0.3 is 0 Å². The second-order valence-corrected chi connectivity index (χ2v) is 5.91. The van der Waals surface area contributed by atoms with Gasteiger partial charge < -0.3 is 15.4 Å². The van der Waals surface area contributed by atoms with Gasteiger partial charge in [0.25, 0.3) is 5.91 Å². The van der Waals surface area contributed by atoms with Gasteiger partial charge in [0.2, 0.25) is 0 Å². The Bertz CT molecular complexity index is 713. The summed E-state index contributed by atoms with van der Waals surface area (Å²) in [7, 11) is 0. The van der Waals surface area contributed by atoms with Crippen molar-refractivity contribution in [2.45, 2.75) is 39.6 Å². The van der Waals surface area contributed by atoms with Gasteiger partial charge in [0, 0.05) is 25.8 Å². The monoisotopic (exact) mass is 311 g/mol. The van der Waals surface area contributed by atoms with Gasteiger partial charge in [-0.15, -0.1) is 0 Å². The van der Waals surface area contributed by atoms with E-state index >= 15 is 0 Å². The van der Waals surface area contributed by atoms with E-state index in [2.05, 4.69) is 33.8 Å². The fraction of sp³-hybridized carbons (Fsp3) is 0.333. The summed E-state index contributed by atoms with van der Waals surface area (Å²) in [5, 5.41) is 6.24. The van der Waals surface area contributed by atoms with Gasteiger partial charge in [-0.05, 0) is 42.7 Å². The third kappa shape index (κ3) is 3.68. The van der Waals surface area contributed by atoms with Crippen molar-refractivity contribution < 1.29 is 9.53 Å². The Morgan fingerprint density at radius 1 is 1.30 bits per heavy atom. The van der Waals surface area contributed by atoms with Gasteiger partial charge in [0.1, 0.15) is 0 Å². The van der Waals surface area contributed by atoms with Crippen molar-refractivity contribution in [1.82, 2.24) is 15.6 Å². The Balaban J connectivity index is 1.68. The Morgan fingerprint density at radius 2 is 2.13 bits per heavy atom. The summed E-state index contributed by atoms with van der Waals surface area (Å²) in [6.07, 6.45) is 1.60. The molecule has 2 aromatic rings. The number of amides is 1. The van der Waals surface area contributed by atoms with Crippen molar-refractivity contribution in [1.29, 1.82) is 0 Å². The number of nitrogens with zero attached hydrogens (tertiary/aromatic N) is 1. The van der Waals surface area contributed by atoms with Crippen LogP contribution in [-0.4, -0.2) is 17.0 Å². The molecular formula is C18H21N3O2. The first-order valence-electron chi connectivity index (χ1n) is 7.85. The van der Waals surface area contributed by atoms with Crippen molar-refractivity contribution in [2.24, 2.45) is 0 Å². The molecule has 0 fully saturated rings. The standard InChI is InChI=1S/C18H21N3O2/c1-12(2)23-16-4-3-7-20-17(16)18(22)21-9-13-5-6-14-10-19-11-15(14)8-13/h3-8,12,19H,9-11H2,1-2H3,(H,21,22). The van der Waals surface area contributed by atoms with E-state index in [-0.39, 0.29) is 12.0 Å². The van der Waals surface area contributed by atoms with E-state index in [9.17, 15) is 4.79 Å². The van der Waals surface area contributed by atoms with E-state index in [0.717, 1.165) is 18.7 Å². The van der Waals surface area contributed by atoms with Crippen molar-refractivity contribution >= 4 is 5.91 Å². The molecule has 5 nitrogen and oxygen atoms in total. The third-order valence-corrected chi connectivity index (χ3v) is 3.70. The molecule has 0 bridgehead atoms. The van der Waals surface area contributed by atoms with E-state index in [1.165, 1.54) is 11.1 Å². The average molecular weight is 311 g/mol. The van der Waals surface area contributed by atoms with Crippen molar-refractivity contribution in [3.8, 4) is 5.75 Å². The van der Waals surface area contributed by atoms with Crippen LogP contribution in [0.2, 0.25) is 0 Å². The number of nitrogens with one attached hydrogen (secondary N) is 2. The predicted molar refractivity (Wildman–Crippen MR) is 88.2 cm³/mol. The highest BCUT2D eigenvalue weighted by Gasteiger charge is 2.15. The molecule has 0 saturated carbocycles. The highest BCUT2D eigenvalue weighted by Crippen LogP contribution is 2.18. The summed E-state index contributed by atoms with van der Waals surface area (Å²) in [5.74, 6) is 0.290. The number of fused-ring (bicyclic) bond motifs is 1. The molecule has 1 aliphatic heterocycles. The van der Waals surface area contributed by atoms with Gasteiger partial charge in [-0.2, -0.15) is 0 Å². The van der Waals surface area contributed by atoms with Crippen molar-refractivity contribution in [3.63, 3.8) is 0 Å². The molecule has 1 amide bonds. The topological polar surface area (TPSA) is 63.2 Å². The van der Waals surface area contributed by atoms with Gasteiger partial charge in [-0.25, -0.2) is 4.98 Å². The summed E-state index contributed by atoms with van der Waals surface area (Å²) in [5.41, 5.74) is 4.04. The van der Waals surface area contributed by atoms with Crippen LogP contribution in [0.4, 0.5) is 0 Å². The van der Waals surface area contributed by atoms with Crippen LogP contribution >= 0.6 is 0 Å². The number of carbonyl (C=O) groups is 1. The van der Waals surface area contributed by atoms with Crippen LogP contribution in [0.15, 0.2) is 36.5 Å². The van der Waals surface area contributed by atoms with Crippen LogP contribution in [0.25, 0.3) is 0 Å². The predicted octanol–water partition coefficient (Wildman–Crippen LogP) is 2.40. The zero-order valence-electron chi connectivity index (χ0n) is 13.4. The summed E-state index contributed by atoms with van der Waals surface area (Å²) in [6, 6.07) is 9.84. The zero-order valence-corrected chi connectivity index (χ0v) is 13.4. The van der Waals surface area contributed by atoms with E-state index in [1.807, 2.05) is 13.8 Å². The van der Waals surface area contributed by atoms with E-state index in [1.54, 1.807) is 18.3 Å². The number of carbonyl (C=O) groups excluding carboxylic acids is 1. The average Bonchev–Trinajstić information content (AvgIpc) is 3.00. The van der Waals surface area contributed by atoms with Gasteiger partial charge in [-0.1, -0.05) is 18.2 Å². The van der Waals surface area contributed by atoms with E-state index in [0.29, 0.717) is 18.0 Å². The maximum absolute atomic E-state index is 12.4. The quantitative estimate of drug-likeness (QED) is 0.890. The van der Waals surface area contributed by atoms with Crippen LogP contribution in [0.3, 0.4) is 0 Å². The highest BCUT2D eigenvalue weighted by molar-refractivity contribution is 5.94. The molecular weight excluding hydrogens is 290 g/mol. The molecule has 0 saturated heterocycles. The van der Waals surface area contributed by atoms with Crippen LogP contribution in [-0.2, 0) is 19.6 Å². The molecule has 1 aromatic carbocycles. The number of aromatic nitrogens is 1. The van der Waals surface area contributed by atoms with Crippen LogP contribution in [0, 0.1) is 0 Å². The molecule has 3 rings (SSSR count). The fourth-order valence-electron chi connectivity index (χ4n) is 2.63. The number of hydrogen-bond donors (Lipinski definition) is 2. The molecule has 2 heterocycles. The lowest BCUT2D eigenvalue weighted by Crippen LogP contribution is -2.25. The van der Waals surface area contributed by atoms with Crippen molar-refractivity contribution in [3.05, 3.63) is 58.9 Å². The number of ether oxygens (including phenoxy) is 1. The second-order valence-electron chi connectivity index (χ2n) is 5.91. The SMILES string of the molecule is CC(C)Oc1cccnc1C(=O)NCc1ccc2c(c1)CNC2. The molecule has 0 radical (unpaired) electrons. The molecule has 1 aromatic heterocycles. The summed E-state index contributed by atoms with van der Waals surface area (Å²) in [4.78, 5) is 16.5. The fourth-order valence-corrected chi connectivity index (χ4v) is 2.63. The third-order valence-electron chi connectivity index (χ3n) is 3.70. The molecule has 120 valence electrons. The summed E-state index contributed by atoms with van der Waals surface area (Å²) >= 11 is 0. The molecule has 1 aliphatic rings. The second kappa shape index (κ2) is 6.79. The molecule has 0 aliphatic carbocycles. The largest absolute Gasteiger partial charge is 0.489 e. The first kappa shape index (κ1) is 15.5. The summed E-state index contributed by atoms with van der Waals surface area (Å²) in [6.45, 7) is 6.14. The summed E-state index contributed by atoms with van der Waals surface area (Å²) < 4.78 is 5.65. The van der Waals surface area contributed by atoms with Crippen LogP contribution < -0.4 is 15.4 Å². The zero-order chi connectivity index (χ0) is 16.2. The lowest BCUT2D eigenvalue weighted by atomic mass is 10.1. The molecule has 0 unspecified atom stereocenters. The van der Waals surface area contributed by atoms with Crippen molar-refractivity contribution in [2.75, 3.05) is 0 Å². The number of hydrogen-bond acceptors (Lipinski definition) is 4. The minimum atomic E-state index is -0.222. The minimum Gasteiger partial charge on any atom is -0.489 e. The Labute approximate surface area is 136 Å². The van der Waals surface area contributed by atoms with Gasteiger partial charge in [-0.3, -0.25) is 4.79 Å². The Morgan fingerprint density at radius 3 is 2.96 bits per heavy atom. The van der Waals surface area contributed by atoms with E-state index in [4.69, 9.17) is 4.74 Å².